The van der Waals surface area contributed by atoms with Gasteiger partial charge >= 0.3 is 0 Å². The predicted molar refractivity (Wildman–Crippen MR) is 99.4 cm³/mol. The van der Waals surface area contributed by atoms with Crippen LogP contribution in [0.15, 0.2) is 42.5 Å². The summed E-state index contributed by atoms with van der Waals surface area (Å²) in [4.78, 5) is 17.1. The monoisotopic (exact) mass is 338 g/mol. The van der Waals surface area contributed by atoms with Gasteiger partial charge < -0.3 is 9.64 Å². The number of piperidine rings is 1. The Morgan fingerprint density at radius 1 is 1.00 bits per heavy atom. The number of carbonyl (C=O) groups excluding carboxylic acids is 1. The van der Waals surface area contributed by atoms with E-state index in [9.17, 15) is 4.79 Å². The highest BCUT2D eigenvalue weighted by atomic mass is 16.5. The average Bonchev–Trinajstić information content (AvgIpc) is 2.69. The minimum atomic E-state index is -0.304. The van der Waals surface area contributed by atoms with Crippen LogP contribution in [0.3, 0.4) is 0 Å². The number of ether oxygens (including phenoxy) is 1. The molecule has 2 aliphatic rings. The molecule has 1 unspecified atom stereocenters. The zero-order chi connectivity index (χ0) is 17.1. The van der Waals surface area contributed by atoms with E-state index in [1.54, 1.807) is 0 Å². The molecule has 0 saturated carbocycles. The molecule has 2 aromatic rings. The number of rotatable bonds is 3. The van der Waals surface area contributed by atoms with Gasteiger partial charge in [0.05, 0.1) is 6.61 Å². The summed E-state index contributed by atoms with van der Waals surface area (Å²) in [7, 11) is 0. The molecule has 132 valence electrons. The maximum Gasteiger partial charge on any atom is 0.253 e. The first-order chi connectivity index (χ1) is 12.3. The van der Waals surface area contributed by atoms with Gasteiger partial charge in [-0.25, -0.2) is 0 Å². The van der Waals surface area contributed by atoms with Crippen molar-refractivity contribution in [2.24, 2.45) is 0 Å². The lowest BCUT2D eigenvalue weighted by atomic mass is 10.0. The molecule has 2 aromatic carbocycles. The molecule has 0 aliphatic carbocycles. The van der Waals surface area contributed by atoms with E-state index < -0.39 is 0 Å². The van der Waals surface area contributed by atoms with Gasteiger partial charge in [0.15, 0.2) is 0 Å². The largest absolute Gasteiger partial charge is 0.366 e. The van der Waals surface area contributed by atoms with Crippen LogP contribution in [0.4, 0.5) is 0 Å². The van der Waals surface area contributed by atoms with Gasteiger partial charge in [0.1, 0.15) is 6.10 Å². The molecule has 2 fully saturated rings. The van der Waals surface area contributed by atoms with Crippen molar-refractivity contribution < 1.29 is 9.53 Å². The molecule has 4 heteroatoms. The van der Waals surface area contributed by atoms with Gasteiger partial charge in [-0.2, -0.15) is 0 Å². The van der Waals surface area contributed by atoms with Crippen LogP contribution in [0.25, 0.3) is 10.8 Å². The number of amides is 1. The first-order valence-electron chi connectivity index (χ1n) is 9.41. The number of hydrogen-bond donors (Lipinski definition) is 0. The molecule has 2 aliphatic heterocycles. The van der Waals surface area contributed by atoms with Crippen LogP contribution < -0.4 is 0 Å². The van der Waals surface area contributed by atoms with Crippen molar-refractivity contribution in [2.45, 2.75) is 31.9 Å². The number of likely N-dealkylation sites (tertiary alicyclic amines) is 1. The van der Waals surface area contributed by atoms with Crippen LogP contribution >= 0.6 is 0 Å². The van der Waals surface area contributed by atoms with E-state index in [1.807, 2.05) is 4.90 Å². The van der Waals surface area contributed by atoms with Gasteiger partial charge in [-0.15, -0.1) is 0 Å². The Kier molecular flexibility index (Phi) is 4.99. The highest BCUT2D eigenvalue weighted by molar-refractivity contribution is 5.85. The van der Waals surface area contributed by atoms with Crippen LogP contribution in [0.2, 0.25) is 0 Å². The van der Waals surface area contributed by atoms with E-state index in [-0.39, 0.29) is 12.0 Å². The highest BCUT2D eigenvalue weighted by Crippen LogP contribution is 2.21. The summed E-state index contributed by atoms with van der Waals surface area (Å²) in [5.74, 6) is 0.183. The smallest absolute Gasteiger partial charge is 0.253 e. The number of hydrogen-bond acceptors (Lipinski definition) is 3. The Bertz CT molecular complexity index is 734. The van der Waals surface area contributed by atoms with Gasteiger partial charge in [-0.1, -0.05) is 42.5 Å². The third-order valence-electron chi connectivity index (χ3n) is 5.37. The summed E-state index contributed by atoms with van der Waals surface area (Å²) in [5, 5.41) is 2.57. The Morgan fingerprint density at radius 2 is 1.80 bits per heavy atom. The van der Waals surface area contributed by atoms with Crippen LogP contribution in [0, 0.1) is 0 Å². The zero-order valence-corrected chi connectivity index (χ0v) is 14.7. The van der Waals surface area contributed by atoms with Crippen molar-refractivity contribution in [3.63, 3.8) is 0 Å². The fourth-order valence-corrected chi connectivity index (χ4v) is 3.98. The molecule has 0 radical (unpaired) electrons. The first-order valence-corrected chi connectivity index (χ1v) is 9.41. The number of benzene rings is 2. The Morgan fingerprint density at radius 3 is 2.68 bits per heavy atom. The predicted octanol–water partition coefficient (Wildman–Crippen LogP) is 3.05. The van der Waals surface area contributed by atoms with Crippen molar-refractivity contribution in [3.05, 3.63) is 48.0 Å². The summed E-state index contributed by atoms with van der Waals surface area (Å²) in [6.07, 6.45) is 3.18. The number of nitrogens with zero attached hydrogens (tertiary/aromatic N) is 2. The average molecular weight is 338 g/mol. The van der Waals surface area contributed by atoms with Crippen LogP contribution in [-0.2, 0) is 16.1 Å². The molecular formula is C21H26N2O2. The summed E-state index contributed by atoms with van der Waals surface area (Å²) < 4.78 is 5.82. The molecule has 0 N–H and O–H groups in total. The summed E-state index contributed by atoms with van der Waals surface area (Å²) >= 11 is 0. The van der Waals surface area contributed by atoms with E-state index in [4.69, 9.17) is 4.74 Å². The molecule has 0 spiro atoms. The summed E-state index contributed by atoms with van der Waals surface area (Å²) in [5.41, 5.74) is 1.32. The lowest BCUT2D eigenvalue weighted by Crippen LogP contribution is -2.51. The van der Waals surface area contributed by atoms with E-state index in [1.165, 1.54) is 22.8 Å². The van der Waals surface area contributed by atoms with Gasteiger partial charge in [0.25, 0.3) is 5.91 Å². The van der Waals surface area contributed by atoms with Crippen molar-refractivity contribution in [3.8, 4) is 0 Å². The number of carbonyl (C=O) groups is 1. The van der Waals surface area contributed by atoms with Crippen molar-refractivity contribution in [2.75, 3.05) is 32.8 Å². The molecule has 25 heavy (non-hydrogen) atoms. The Labute approximate surface area is 149 Å². The van der Waals surface area contributed by atoms with Crippen molar-refractivity contribution >= 4 is 16.7 Å². The summed E-state index contributed by atoms with van der Waals surface area (Å²) in [6, 6.07) is 15.0. The van der Waals surface area contributed by atoms with Gasteiger partial charge in [-0.3, -0.25) is 9.69 Å². The molecular weight excluding hydrogens is 312 g/mol. The lowest BCUT2D eigenvalue weighted by Gasteiger charge is -2.36. The molecule has 0 aromatic heterocycles. The Hall–Kier alpha value is -1.91. The lowest BCUT2D eigenvalue weighted by molar-refractivity contribution is -0.150. The molecule has 2 heterocycles. The van der Waals surface area contributed by atoms with E-state index in [0.717, 1.165) is 39.0 Å². The van der Waals surface area contributed by atoms with Gasteiger partial charge in [0.2, 0.25) is 0 Å². The second-order valence-corrected chi connectivity index (χ2v) is 7.12. The third-order valence-corrected chi connectivity index (χ3v) is 5.37. The van der Waals surface area contributed by atoms with Gasteiger partial charge in [0, 0.05) is 32.7 Å². The first kappa shape index (κ1) is 16.6. The highest BCUT2D eigenvalue weighted by Gasteiger charge is 2.30. The minimum absolute atomic E-state index is 0.183. The maximum absolute atomic E-state index is 12.7. The van der Waals surface area contributed by atoms with E-state index in [2.05, 4.69) is 47.4 Å². The van der Waals surface area contributed by atoms with E-state index in [0.29, 0.717) is 13.2 Å². The van der Waals surface area contributed by atoms with Crippen LogP contribution in [0.5, 0.6) is 0 Å². The maximum atomic E-state index is 12.7. The Balaban J connectivity index is 1.45. The molecule has 4 rings (SSSR count). The second-order valence-electron chi connectivity index (χ2n) is 7.12. The molecule has 2 saturated heterocycles. The number of morpholine rings is 1. The van der Waals surface area contributed by atoms with Crippen molar-refractivity contribution in [1.29, 1.82) is 0 Å². The van der Waals surface area contributed by atoms with Gasteiger partial charge in [-0.05, 0) is 35.6 Å². The molecule has 4 nitrogen and oxygen atoms in total. The number of fused-ring (bicyclic) bond motifs is 1. The molecule has 1 amide bonds. The van der Waals surface area contributed by atoms with Crippen molar-refractivity contribution in [1.82, 2.24) is 9.80 Å². The quantitative estimate of drug-likeness (QED) is 0.862. The molecule has 0 bridgehead atoms. The standard InChI is InChI=1S/C21H26N2O2/c24-21(23-11-4-1-5-12-23)20-16-22(13-14-25-20)15-18-9-6-8-17-7-2-3-10-19(17)18/h2-3,6-10,20H,1,4-5,11-16H2. The fraction of sp³-hybridized carbons (Fsp3) is 0.476. The minimum Gasteiger partial charge on any atom is -0.366 e. The van der Waals surface area contributed by atoms with Crippen LogP contribution in [0.1, 0.15) is 24.8 Å². The summed E-state index contributed by atoms with van der Waals surface area (Å²) in [6.45, 7) is 4.86. The van der Waals surface area contributed by atoms with E-state index >= 15 is 0 Å². The second kappa shape index (κ2) is 7.54. The SMILES string of the molecule is O=C(C1CN(Cc2cccc3ccccc23)CCO1)N1CCCCC1. The molecule has 1 atom stereocenters. The van der Waals surface area contributed by atoms with Crippen LogP contribution in [-0.4, -0.2) is 54.6 Å². The zero-order valence-electron chi connectivity index (χ0n) is 14.7. The third kappa shape index (κ3) is 3.70. The normalized spacial score (nSPS) is 22.2. The topological polar surface area (TPSA) is 32.8 Å². The fourth-order valence-electron chi connectivity index (χ4n) is 3.98.